The third-order valence-corrected chi connectivity index (χ3v) is 4.78. The first kappa shape index (κ1) is 18.7. The van der Waals surface area contributed by atoms with Gasteiger partial charge in [-0.3, -0.25) is 0 Å². The standard InChI is InChI=1S/C12H24F3N3O2S/c1-10(2)6-16-7-11-4-3-5-18(8-11)21(19,20)17-9-12(13,14)15/h10-11,16-17H,3-9H2,1-2H3. The van der Waals surface area contributed by atoms with Gasteiger partial charge in [0.05, 0.1) is 0 Å². The fraction of sp³-hybridized carbons (Fsp3) is 1.00. The number of hydrogen-bond donors (Lipinski definition) is 2. The van der Waals surface area contributed by atoms with Gasteiger partial charge in [-0.2, -0.15) is 30.6 Å². The molecule has 1 heterocycles. The molecule has 1 saturated heterocycles. The van der Waals surface area contributed by atoms with Crippen LogP contribution in [0.4, 0.5) is 13.2 Å². The summed E-state index contributed by atoms with van der Waals surface area (Å²) in [5.41, 5.74) is 0. The second-order valence-electron chi connectivity index (χ2n) is 5.86. The Morgan fingerprint density at radius 2 is 2.00 bits per heavy atom. The average Bonchev–Trinajstić information content (AvgIpc) is 2.36. The maximum absolute atomic E-state index is 12.1. The van der Waals surface area contributed by atoms with Crippen LogP contribution in [0.3, 0.4) is 0 Å². The molecule has 1 unspecified atom stereocenters. The molecule has 0 bridgehead atoms. The van der Waals surface area contributed by atoms with Gasteiger partial charge in [0.2, 0.25) is 0 Å². The van der Waals surface area contributed by atoms with Crippen molar-refractivity contribution in [2.75, 3.05) is 32.7 Å². The van der Waals surface area contributed by atoms with Crippen molar-refractivity contribution in [3.8, 4) is 0 Å². The quantitative estimate of drug-likeness (QED) is 0.740. The Morgan fingerprint density at radius 1 is 1.33 bits per heavy atom. The van der Waals surface area contributed by atoms with E-state index in [1.165, 1.54) is 0 Å². The van der Waals surface area contributed by atoms with Crippen LogP contribution in [0.2, 0.25) is 0 Å². The predicted molar refractivity (Wildman–Crippen MR) is 75.0 cm³/mol. The van der Waals surface area contributed by atoms with Crippen LogP contribution in [0, 0.1) is 11.8 Å². The van der Waals surface area contributed by atoms with Gasteiger partial charge in [0, 0.05) is 13.1 Å². The van der Waals surface area contributed by atoms with Crippen molar-refractivity contribution in [3.63, 3.8) is 0 Å². The summed E-state index contributed by atoms with van der Waals surface area (Å²) in [4.78, 5) is 0. The van der Waals surface area contributed by atoms with Crippen LogP contribution in [0.1, 0.15) is 26.7 Å². The molecule has 0 saturated carbocycles. The van der Waals surface area contributed by atoms with Crippen LogP contribution in [-0.2, 0) is 10.2 Å². The van der Waals surface area contributed by atoms with Gasteiger partial charge in [-0.05, 0) is 37.8 Å². The third-order valence-electron chi connectivity index (χ3n) is 3.26. The van der Waals surface area contributed by atoms with E-state index < -0.39 is 22.9 Å². The smallest absolute Gasteiger partial charge is 0.316 e. The normalized spacial score (nSPS) is 21.9. The van der Waals surface area contributed by atoms with Gasteiger partial charge < -0.3 is 5.32 Å². The van der Waals surface area contributed by atoms with Crippen LogP contribution in [0.25, 0.3) is 0 Å². The molecule has 5 nitrogen and oxygen atoms in total. The molecule has 0 spiro atoms. The number of nitrogens with zero attached hydrogens (tertiary/aromatic N) is 1. The van der Waals surface area contributed by atoms with Crippen LogP contribution < -0.4 is 10.0 Å². The number of piperidine rings is 1. The molecule has 0 aromatic heterocycles. The number of nitrogens with one attached hydrogen (secondary N) is 2. The average molecular weight is 331 g/mol. The Bertz CT molecular complexity index is 412. The summed E-state index contributed by atoms with van der Waals surface area (Å²) in [6.45, 7) is 4.69. The molecule has 1 aliphatic rings. The molecular weight excluding hydrogens is 307 g/mol. The summed E-state index contributed by atoms with van der Waals surface area (Å²) in [5.74, 6) is 0.641. The van der Waals surface area contributed by atoms with Gasteiger partial charge in [0.15, 0.2) is 0 Å². The minimum Gasteiger partial charge on any atom is -0.316 e. The molecule has 9 heteroatoms. The highest BCUT2D eigenvalue weighted by atomic mass is 32.2. The SMILES string of the molecule is CC(C)CNCC1CCCN(S(=O)(=O)NCC(F)(F)F)C1. The molecule has 0 aromatic carbocycles. The second kappa shape index (κ2) is 7.75. The van der Waals surface area contributed by atoms with Crippen molar-refractivity contribution in [3.05, 3.63) is 0 Å². The summed E-state index contributed by atoms with van der Waals surface area (Å²) in [7, 11) is -4.06. The molecule has 0 aliphatic carbocycles. The first-order valence-electron chi connectivity index (χ1n) is 7.12. The summed E-state index contributed by atoms with van der Waals surface area (Å²) < 4.78 is 62.8. The summed E-state index contributed by atoms with van der Waals surface area (Å²) in [5, 5.41) is 3.26. The fourth-order valence-electron chi connectivity index (χ4n) is 2.25. The Kier molecular flexibility index (Phi) is 6.89. The zero-order chi connectivity index (χ0) is 16.1. The lowest BCUT2D eigenvalue weighted by molar-refractivity contribution is -0.121. The zero-order valence-electron chi connectivity index (χ0n) is 12.4. The highest BCUT2D eigenvalue weighted by molar-refractivity contribution is 7.87. The highest BCUT2D eigenvalue weighted by Gasteiger charge is 2.33. The van der Waals surface area contributed by atoms with Crippen LogP contribution in [-0.4, -0.2) is 51.6 Å². The lowest BCUT2D eigenvalue weighted by atomic mass is 9.99. The molecule has 0 amide bonds. The Hall–Kier alpha value is -0.380. The Morgan fingerprint density at radius 3 is 2.57 bits per heavy atom. The van der Waals surface area contributed by atoms with Gasteiger partial charge in [-0.1, -0.05) is 13.8 Å². The van der Waals surface area contributed by atoms with Crippen molar-refractivity contribution in [1.29, 1.82) is 0 Å². The topological polar surface area (TPSA) is 61.4 Å². The maximum atomic E-state index is 12.1. The lowest BCUT2D eigenvalue weighted by Gasteiger charge is -2.32. The largest absolute Gasteiger partial charge is 0.402 e. The van der Waals surface area contributed by atoms with Crippen molar-refractivity contribution in [1.82, 2.24) is 14.3 Å². The molecule has 0 aromatic rings. The van der Waals surface area contributed by atoms with Crippen molar-refractivity contribution in [2.45, 2.75) is 32.9 Å². The molecule has 1 fully saturated rings. The molecule has 1 rings (SSSR count). The minimum atomic E-state index is -4.54. The monoisotopic (exact) mass is 331 g/mol. The first-order chi connectivity index (χ1) is 9.60. The second-order valence-corrected chi connectivity index (χ2v) is 7.61. The molecule has 1 atom stereocenters. The molecule has 21 heavy (non-hydrogen) atoms. The van der Waals surface area contributed by atoms with Crippen LogP contribution in [0.5, 0.6) is 0 Å². The molecule has 0 radical (unpaired) electrons. The van der Waals surface area contributed by atoms with Crippen LogP contribution >= 0.6 is 0 Å². The summed E-state index contributed by atoms with van der Waals surface area (Å²) in [6.07, 6.45) is -2.99. The lowest BCUT2D eigenvalue weighted by Crippen LogP contribution is -2.49. The van der Waals surface area contributed by atoms with E-state index >= 15 is 0 Å². The first-order valence-corrected chi connectivity index (χ1v) is 8.56. The van der Waals surface area contributed by atoms with Gasteiger partial charge in [0.1, 0.15) is 6.54 Å². The molecule has 126 valence electrons. The predicted octanol–water partition coefficient (Wildman–Crippen LogP) is 1.34. The van der Waals surface area contributed by atoms with E-state index in [0.29, 0.717) is 18.9 Å². The van der Waals surface area contributed by atoms with Crippen molar-refractivity contribution < 1.29 is 21.6 Å². The summed E-state index contributed by atoms with van der Waals surface area (Å²) >= 11 is 0. The van der Waals surface area contributed by atoms with Gasteiger partial charge in [0.25, 0.3) is 10.2 Å². The Balaban J connectivity index is 2.47. The third kappa shape index (κ3) is 7.44. The van der Waals surface area contributed by atoms with E-state index in [2.05, 4.69) is 19.2 Å². The van der Waals surface area contributed by atoms with E-state index in [1.54, 1.807) is 4.72 Å². The number of halogens is 3. The van der Waals surface area contributed by atoms with Gasteiger partial charge in [-0.25, -0.2) is 0 Å². The van der Waals surface area contributed by atoms with Gasteiger partial charge >= 0.3 is 6.18 Å². The van der Waals surface area contributed by atoms with E-state index in [1.807, 2.05) is 0 Å². The van der Waals surface area contributed by atoms with Crippen molar-refractivity contribution >= 4 is 10.2 Å². The van der Waals surface area contributed by atoms with E-state index in [-0.39, 0.29) is 19.0 Å². The van der Waals surface area contributed by atoms with E-state index in [9.17, 15) is 21.6 Å². The maximum Gasteiger partial charge on any atom is 0.402 e. The van der Waals surface area contributed by atoms with Crippen molar-refractivity contribution in [2.24, 2.45) is 11.8 Å². The Labute approximate surface area is 124 Å². The number of hydrogen-bond acceptors (Lipinski definition) is 3. The zero-order valence-corrected chi connectivity index (χ0v) is 13.2. The number of alkyl halides is 3. The number of rotatable bonds is 7. The van der Waals surface area contributed by atoms with E-state index in [0.717, 1.165) is 17.3 Å². The fourth-order valence-corrected chi connectivity index (χ4v) is 3.56. The summed E-state index contributed by atoms with van der Waals surface area (Å²) in [6, 6.07) is 0. The molecule has 1 aliphatic heterocycles. The van der Waals surface area contributed by atoms with Gasteiger partial charge in [-0.15, -0.1) is 0 Å². The molecule has 2 N–H and O–H groups in total. The minimum absolute atomic E-state index is 0.139. The van der Waals surface area contributed by atoms with Crippen LogP contribution in [0.15, 0.2) is 0 Å². The highest BCUT2D eigenvalue weighted by Crippen LogP contribution is 2.19. The molecular formula is C12H24F3N3O2S. The van der Waals surface area contributed by atoms with E-state index in [4.69, 9.17) is 0 Å².